The number of pyridine rings is 1. The molecule has 0 spiro atoms. The summed E-state index contributed by atoms with van der Waals surface area (Å²) in [6.07, 6.45) is 0. The average molecular weight is 1260 g/mol. The Balaban J connectivity index is 1.26. The molecule has 4 heteroatoms. The predicted octanol–water partition coefficient (Wildman–Crippen LogP) is 24.1. The SMILES string of the molecule is [2H]c1cc(-c2ccc3c(c2)N(c2c(-c4ccccc4)cc(C(C)(C)C)cc2-c2cccc(C(C)(C)C)n2)c2cc(C(C)(C)C)cc4c2B3c2ccc(-c3cc(C(C)(C)C)cc(C(C)(C)C)c3)cc2N4c2c(-c3ccccc3)cc(C(C)(C)C)cc2-c2ccccc2)cc(C(C)C)c1. The van der Waals surface area contributed by atoms with Crippen molar-refractivity contribution in [2.75, 3.05) is 9.80 Å². The molecule has 0 bridgehead atoms. The molecule has 0 amide bonds. The van der Waals surface area contributed by atoms with Crippen LogP contribution < -0.4 is 26.2 Å². The lowest BCUT2D eigenvalue weighted by Crippen LogP contribution is -2.61. The van der Waals surface area contributed by atoms with Gasteiger partial charge in [0.25, 0.3) is 6.71 Å². The first-order chi connectivity index (χ1) is 45.6. The van der Waals surface area contributed by atoms with Gasteiger partial charge in [-0.1, -0.05) is 302 Å². The van der Waals surface area contributed by atoms with Crippen molar-refractivity contribution in [3.05, 3.63) is 264 Å². The van der Waals surface area contributed by atoms with Gasteiger partial charge in [0.15, 0.2) is 0 Å². The number of nitrogens with zero attached hydrogens (tertiary/aromatic N) is 3. The predicted molar refractivity (Wildman–Crippen MR) is 417 cm³/mol. The van der Waals surface area contributed by atoms with Crippen molar-refractivity contribution in [1.29, 1.82) is 0 Å². The molecule has 0 atom stereocenters. The molecule has 10 aromatic carbocycles. The van der Waals surface area contributed by atoms with Crippen molar-refractivity contribution < 1.29 is 1.37 Å². The lowest BCUT2D eigenvalue weighted by atomic mass is 9.33. The van der Waals surface area contributed by atoms with Crippen molar-refractivity contribution in [3.63, 3.8) is 0 Å². The maximum Gasteiger partial charge on any atom is 0.252 e. The molecule has 96 heavy (non-hydrogen) atoms. The summed E-state index contributed by atoms with van der Waals surface area (Å²) in [6.45, 7) is 46.3. The van der Waals surface area contributed by atoms with Crippen molar-refractivity contribution in [2.45, 2.75) is 177 Å². The lowest BCUT2D eigenvalue weighted by molar-refractivity contribution is 0.569. The van der Waals surface area contributed by atoms with Gasteiger partial charge in [0.1, 0.15) is 0 Å². The summed E-state index contributed by atoms with van der Waals surface area (Å²) in [4.78, 5) is 11.2. The number of hydrogen-bond acceptors (Lipinski definition) is 3. The second-order valence-corrected chi connectivity index (χ2v) is 33.9. The van der Waals surface area contributed by atoms with E-state index in [4.69, 9.17) is 4.98 Å². The van der Waals surface area contributed by atoms with E-state index in [0.29, 0.717) is 6.04 Å². The second-order valence-electron chi connectivity index (χ2n) is 33.9. The van der Waals surface area contributed by atoms with Crippen LogP contribution in [0.5, 0.6) is 0 Å². The number of benzene rings is 10. The summed E-state index contributed by atoms with van der Waals surface area (Å²) in [5.41, 5.74) is 31.3. The van der Waals surface area contributed by atoms with Gasteiger partial charge in [-0.3, -0.25) is 4.98 Å². The van der Waals surface area contributed by atoms with E-state index in [1.165, 1.54) is 66.5 Å². The summed E-state index contributed by atoms with van der Waals surface area (Å²) in [7, 11) is 0. The van der Waals surface area contributed by atoms with E-state index in [2.05, 4.69) is 361 Å². The first-order valence-electron chi connectivity index (χ1n) is 35.5. The highest BCUT2D eigenvalue weighted by molar-refractivity contribution is 7.00. The molecule has 0 unspecified atom stereocenters. The maximum absolute atomic E-state index is 9.33. The van der Waals surface area contributed by atoms with Crippen LogP contribution in [0.25, 0.3) is 66.9 Å². The summed E-state index contributed by atoms with van der Waals surface area (Å²) in [5.74, 6) is 0.241. The molecule has 484 valence electrons. The van der Waals surface area contributed by atoms with E-state index in [-0.39, 0.29) is 45.1 Å². The van der Waals surface area contributed by atoms with E-state index in [0.717, 1.165) is 90.0 Å². The number of aromatic nitrogens is 1. The van der Waals surface area contributed by atoms with Crippen molar-refractivity contribution >= 4 is 57.2 Å². The minimum absolute atomic E-state index is 0.0907. The largest absolute Gasteiger partial charge is 0.310 e. The Morgan fingerprint density at radius 1 is 0.323 bits per heavy atom. The molecular formula is C92H98BN3. The minimum Gasteiger partial charge on any atom is -0.310 e. The van der Waals surface area contributed by atoms with E-state index in [1.807, 2.05) is 6.07 Å². The van der Waals surface area contributed by atoms with Gasteiger partial charge in [0, 0.05) is 56.1 Å². The molecule has 1 aromatic heterocycles. The molecule has 2 aliphatic rings. The summed E-state index contributed by atoms with van der Waals surface area (Å²) < 4.78 is 9.33. The molecule has 3 nitrogen and oxygen atoms in total. The van der Waals surface area contributed by atoms with Crippen molar-refractivity contribution in [3.8, 4) is 66.9 Å². The number of fused-ring (bicyclic) bond motifs is 4. The van der Waals surface area contributed by atoms with Crippen LogP contribution in [-0.4, -0.2) is 11.7 Å². The van der Waals surface area contributed by atoms with E-state index in [9.17, 15) is 1.37 Å². The molecule has 0 aliphatic carbocycles. The number of hydrogen-bond donors (Lipinski definition) is 0. The first kappa shape index (κ1) is 64.4. The van der Waals surface area contributed by atoms with Gasteiger partial charge in [-0.15, -0.1) is 0 Å². The average Bonchev–Trinajstić information content (AvgIpc) is 0.687. The monoisotopic (exact) mass is 1260 g/mol. The molecule has 11 aromatic rings. The Morgan fingerprint density at radius 3 is 1.12 bits per heavy atom. The van der Waals surface area contributed by atoms with Gasteiger partial charge in [0.05, 0.1) is 18.4 Å². The highest BCUT2D eigenvalue weighted by atomic mass is 15.2. The normalized spacial score (nSPS) is 13.6. The van der Waals surface area contributed by atoms with E-state index < -0.39 is 0 Å². The lowest BCUT2D eigenvalue weighted by Gasteiger charge is -2.47. The van der Waals surface area contributed by atoms with Crippen LogP contribution in [0.4, 0.5) is 34.1 Å². The molecule has 0 fully saturated rings. The van der Waals surface area contributed by atoms with Crippen molar-refractivity contribution in [2.24, 2.45) is 0 Å². The van der Waals surface area contributed by atoms with Crippen molar-refractivity contribution in [1.82, 2.24) is 4.98 Å². The van der Waals surface area contributed by atoms with Crippen LogP contribution in [0.1, 0.15) is 185 Å². The molecule has 3 heterocycles. The molecule has 0 saturated carbocycles. The Bertz CT molecular complexity index is 4750. The van der Waals surface area contributed by atoms with Crippen LogP contribution in [-0.2, 0) is 32.5 Å². The van der Waals surface area contributed by atoms with Crippen LogP contribution in [0.3, 0.4) is 0 Å². The fourth-order valence-electron chi connectivity index (χ4n) is 14.2. The topological polar surface area (TPSA) is 19.4 Å². The summed E-state index contributed by atoms with van der Waals surface area (Å²) in [6, 6.07) is 84.2. The Labute approximate surface area is 577 Å². The van der Waals surface area contributed by atoms with E-state index in [1.54, 1.807) is 0 Å². The van der Waals surface area contributed by atoms with Crippen LogP contribution in [0.15, 0.2) is 224 Å². The van der Waals surface area contributed by atoms with Crippen LogP contribution >= 0.6 is 0 Å². The number of anilines is 6. The number of rotatable bonds is 9. The standard InChI is InChI=1S/C92H98BN3/c1-58(2)62-38-30-39-63(46-62)64-42-44-76-79(49-64)96(86-74(61-36-28-23-29-37-61)54-70(90(12,13)14)55-75(86)78-40-31-41-83(94-78)92(18,19)20)82-57-71(91(15,16)17)56-81-84(82)93(76)77-45-43-65(66-47-67(87(3,4)5)51-68(48-66)88(6,7)8)50-80(77)95(81)85-72(59-32-24-21-25-33-59)52-69(89(9,10)11)53-73(85)60-34-26-22-27-35-60/h21-58H,1-20H3/i30D. The third-order valence-corrected chi connectivity index (χ3v) is 20.2. The zero-order valence-electron chi connectivity index (χ0n) is 61.8. The molecule has 0 N–H and O–H groups in total. The van der Waals surface area contributed by atoms with Gasteiger partial charge in [-0.25, -0.2) is 0 Å². The van der Waals surface area contributed by atoms with Crippen LogP contribution in [0, 0.1) is 0 Å². The summed E-state index contributed by atoms with van der Waals surface area (Å²) in [5, 5.41) is 0. The zero-order valence-corrected chi connectivity index (χ0v) is 60.8. The molecule has 2 aliphatic heterocycles. The zero-order chi connectivity index (χ0) is 69.2. The molecule has 0 saturated heterocycles. The Morgan fingerprint density at radius 2 is 0.708 bits per heavy atom. The highest BCUT2D eigenvalue weighted by Crippen LogP contribution is 2.56. The maximum atomic E-state index is 9.33. The molecule has 0 radical (unpaired) electrons. The van der Waals surface area contributed by atoms with Gasteiger partial charge >= 0.3 is 0 Å². The smallest absolute Gasteiger partial charge is 0.252 e. The van der Waals surface area contributed by atoms with Gasteiger partial charge in [0.2, 0.25) is 0 Å². The van der Waals surface area contributed by atoms with E-state index >= 15 is 0 Å². The first-order valence-corrected chi connectivity index (χ1v) is 35.0. The third-order valence-electron chi connectivity index (χ3n) is 20.2. The summed E-state index contributed by atoms with van der Waals surface area (Å²) >= 11 is 0. The third kappa shape index (κ3) is 12.3. The second kappa shape index (κ2) is 24.0. The van der Waals surface area contributed by atoms with Gasteiger partial charge in [-0.2, -0.15) is 0 Å². The van der Waals surface area contributed by atoms with Crippen LogP contribution in [0.2, 0.25) is 0 Å². The van der Waals surface area contributed by atoms with Gasteiger partial charge < -0.3 is 9.80 Å². The van der Waals surface area contributed by atoms with Gasteiger partial charge in [-0.05, 0) is 182 Å². The quantitative estimate of drug-likeness (QED) is 0.134. The highest BCUT2D eigenvalue weighted by Gasteiger charge is 2.47. The molecule has 13 rings (SSSR count). The Hall–Kier alpha value is -8.99. The Kier molecular flexibility index (Phi) is 16.1. The minimum atomic E-state index is -0.328. The molecular weight excluding hydrogens is 1160 g/mol. The fourth-order valence-corrected chi connectivity index (χ4v) is 14.2. The fraction of sp³-hybridized carbons (Fsp3) is 0.293.